The Balaban J connectivity index is 1.51. The first-order valence-electron chi connectivity index (χ1n) is 9.24. The topological polar surface area (TPSA) is 68.3 Å². The molecule has 30 heavy (non-hydrogen) atoms. The van der Waals surface area contributed by atoms with E-state index in [2.05, 4.69) is 10.3 Å². The number of aromatic nitrogens is 2. The number of nitrogens with zero attached hydrogens (tertiary/aromatic N) is 1. The highest BCUT2D eigenvalue weighted by atomic mass is 32.1. The number of anilines is 1. The van der Waals surface area contributed by atoms with Crippen LogP contribution in [0.5, 0.6) is 17.2 Å². The van der Waals surface area contributed by atoms with Crippen molar-refractivity contribution >= 4 is 23.8 Å². The van der Waals surface area contributed by atoms with Gasteiger partial charge in [-0.3, -0.25) is 9.36 Å². The van der Waals surface area contributed by atoms with Crippen LogP contribution in [0, 0.1) is 4.77 Å². The van der Waals surface area contributed by atoms with Gasteiger partial charge in [-0.2, -0.15) is 0 Å². The number of methoxy groups -OCH3 is 1. The molecule has 0 aliphatic heterocycles. The predicted octanol–water partition coefficient (Wildman–Crippen LogP) is 5.59. The lowest BCUT2D eigenvalue weighted by molar-refractivity contribution is 0.102. The average molecular weight is 417 g/mol. The minimum absolute atomic E-state index is 0.274. The number of carbonyl (C=O) groups excluding carboxylic acids is 1. The zero-order chi connectivity index (χ0) is 20.9. The average Bonchev–Trinajstić information content (AvgIpc) is 3.17. The Bertz CT molecular complexity index is 1210. The van der Waals surface area contributed by atoms with Crippen LogP contribution in [0.25, 0.3) is 5.69 Å². The number of hydrogen-bond acceptors (Lipinski definition) is 4. The van der Waals surface area contributed by atoms with Crippen LogP contribution >= 0.6 is 12.2 Å². The summed E-state index contributed by atoms with van der Waals surface area (Å²) in [5, 5.41) is 2.89. The Labute approximate surface area is 178 Å². The van der Waals surface area contributed by atoms with Crippen molar-refractivity contribution in [1.29, 1.82) is 0 Å². The first-order valence-corrected chi connectivity index (χ1v) is 9.64. The van der Waals surface area contributed by atoms with Crippen LogP contribution in [-0.2, 0) is 0 Å². The van der Waals surface area contributed by atoms with E-state index >= 15 is 0 Å². The Hall–Kier alpha value is -3.84. The van der Waals surface area contributed by atoms with Crippen molar-refractivity contribution in [2.24, 2.45) is 0 Å². The number of carbonyl (C=O) groups is 1. The zero-order valence-corrected chi connectivity index (χ0v) is 17.0. The normalized spacial score (nSPS) is 10.4. The molecule has 150 valence electrons. The maximum absolute atomic E-state index is 12.8. The fourth-order valence-electron chi connectivity index (χ4n) is 3.00. The van der Waals surface area contributed by atoms with Gasteiger partial charge in [0.1, 0.15) is 11.4 Å². The van der Waals surface area contributed by atoms with Gasteiger partial charge < -0.3 is 19.8 Å². The molecule has 0 saturated heterocycles. The predicted molar refractivity (Wildman–Crippen MR) is 118 cm³/mol. The van der Waals surface area contributed by atoms with Crippen molar-refractivity contribution in [3.05, 3.63) is 95.5 Å². The van der Waals surface area contributed by atoms with Crippen molar-refractivity contribution in [1.82, 2.24) is 9.55 Å². The number of imidazole rings is 1. The molecule has 4 rings (SSSR count). The van der Waals surface area contributed by atoms with Gasteiger partial charge in [-0.25, -0.2) is 0 Å². The second-order valence-electron chi connectivity index (χ2n) is 6.38. The lowest BCUT2D eigenvalue weighted by Crippen LogP contribution is -2.16. The van der Waals surface area contributed by atoms with E-state index in [0.717, 1.165) is 5.69 Å². The molecular formula is C23H19N3O3S. The van der Waals surface area contributed by atoms with E-state index in [1.165, 1.54) is 0 Å². The number of aromatic amines is 1. The first kappa shape index (κ1) is 19.5. The van der Waals surface area contributed by atoms with Crippen molar-refractivity contribution in [3.63, 3.8) is 0 Å². The standard InChI is InChI=1S/C23H19N3O3S/c1-28-20-9-5-6-10-21(20)29-18-13-11-16(12-14-18)25-22(27)19-15-24-23(30)26(19)17-7-3-2-4-8-17/h2-15H,1H3,(H,24,30)(H,25,27). The van der Waals surface area contributed by atoms with Crippen molar-refractivity contribution in [3.8, 4) is 22.9 Å². The van der Waals surface area contributed by atoms with E-state index in [4.69, 9.17) is 21.7 Å². The summed E-state index contributed by atoms with van der Waals surface area (Å²) in [7, 11) is 1.60. The van der Waals surface area contributed by atoms with E-state index in [1.807, 2.05) is 54.6 Å². The van der Waals surface area contributed by atoms with E-state index in [-0.39, 0.29) is 5.91 Å². The molecule has 0 aliphatic carbocycles. The SMILES string of the molecule is COc1ccccc1Oc1ccc(NC(=O)c2c[nH]c(=S)n2-c2ccccc2)cc1. The molecular weight excluding hydrogens is 398 g/mol. The molecule has 0 radical (unpaired) electrons. The molecule has 4 aromatic rings. The van der Waals surface area contributed by atoms with E-state index in [9.17, 15) is 4.79 Å². The summed E-state index contributed by atoms with van der Waals surface area (Å²) in [6, 6.07) is 24.0. The summed E-state index contributed by atoms with van der Waals surface area (Å²) in [4.78, 5) is 15.8. The molecule has 0 aliphatic rings. The Morgan fingerprint density at radius 1 is 0.933 bits per heavy atom. The fourth-order valence-corrected chi connectivity index (χ4v) is 3.26. The number of benzene rings is 3. The third-order valence-electron chi connectivity index (χ3n) is 4.43. The van der Waals surface area contributed by atoms with Gasteiger partial charge in [0.25, 0.3) is 5.91 Å². The first-order chi connectivity index (χ1) is 14.7. The van der Waals surface area contributed by atoms with Crippen LogP contribution in [0.2, 0.25) is 0 Å². The van der Waals surface area contributed by atoms with Gasteiger partial charge in [0.05, 0.1) is 7.11 Å². The third-order valence-corrected chi connectivity index (χ3v) is 4.73. The Morgan fingerprint density at radius 3 is 2.30 bits per heavy atom. The lowest BCUT2D eigenvalue weighted by Gasteiger charge is -2.11. The summed E-state index contributed by atoms with van der Waals surface area (Å²) in [6.07, 6.45) is 1.60. The molecule has 3 aromatic carbocycles. The molecule has 2 N–H and O–H groups in total. The Kier molecular flexibility index (Phi) is 5.63. The summed E-state index contributed by atoms with van der Waals surface area (Å²) >= 11 is 5.34. The smallest absolute Gasteiger partial charge is 0.274 e. The highest BCUT2D eigenvalue weighted by Crippen LogP contribution is 2.31. The summed E-state index contributed by atoms with van der Waals surface area (Å²) in [5.41, 5.74) is 1.87. The van der Waals surface area contributed by atoms with E-state index in [1.54, 1.807) is 42.1 Å². The second-order valence-corrected chi connectivity index (χ2v) is 6.77. The van der Waals surface area contributed by atoms with E-state index < -0.39 is 0 Å². The molecule has 0 fully saturated rings. The van der Waals surface area contributed by atoms with Gasteiger partial charge in [0, 0.05) is 17.6 Å². The molecule has 1 amide bonds. The maximum atomic E-state index is 12.8. The Morgan fingerprint density at radius 2 is 1.60 bits per heavy atom. The van der Waals surface area contributed by atoms with Gasteiger partial charge in [0.2, 0.25) is 0 Å². The van der Waals surface area contributed by atoms with Crippen molar-refractivity contribution < 1.29 is 14.3 Å². The zero-order valence-electron chi connectivity index (χ0n) is 16.2. The van der Waals surface area contributed by atoms with Crippen LogP contribution in [0.15, 0.2) is 85.1 Å². The van der Waals surface area contributed by atoms with Gasteiger partial charge >= 0.3 is 0 Å². The number of para-hydroxylation sites is 3. The van der Waals surface area contributed by atoms with Crippen molar-refractivity contribution in [2.75, 3.05) is 12.4 Å². The quantitative estimate of drug-likeness (QED) is 0.402. The molecule has 0 saturated carbocycles. The van der Waals surface area contributed by atoms with Gasteiger partial charge in [0.15, 0.2) is 16.3 Å². The number of rotatable bonds is 6. The number of nitrogens with one attached hydrogen (secondary N) is 2. The monoisotopic (exact) mass is 417 g/mol. The highest BCUT2D eigenvalue weighted by Gasteiger charge is 2.14. The van der Waals surface area contributed by atoms with Crippen LogP contribution in [0.3, 0.4) is 0 Å². The van der Waals surface area contributed by atoms with Crippen LogP contribution < -0.4 is 14.8 Å². The largest absolute Gasteiger partial charge is 0.493 e. The molecule has 7 heteroatoms. The minimum atomic E-state index is -0.274. The summed E-state index contributed by atoms with van der Waals surface area (Å²) in [6.45, 7) is 0. The third kappa shape index (κ3) is 4.11. The lowest BCUT2D eigenvalue weighted by atomic mass is 10.2. The second kappa shape index (κ2) is 8.67. The van der Waals surface area contributed by atoms with Crippen LogP contribution in [-0.4, -0.2) is 22.6 Å². The van der Waals surface area contributed by atoms with Crippen molar-refractivity contribution in [2.45, 2.75) is 0 Å². The van der Waals surface area contributed by atoms with Gasteiger partial charge in [-0.05, 0) is 60.7 Å². The van der Waals surface area contributed by atoms with E-state index in [0.29, 0.717) is 33.4 Å². The van der Waals surface area contributed by atoms with Gasteiger partial charge in [-0.15, -0.1) is 0 Å². The van der Waals surface area contributed by atoms with Crippen LogP contribution in [0.1, 0.15) is 10.5 Å². The molecule has 0 spiro atoms. The molecule has 0 unspecified atom stereocenters. The summed E-state index contributed by atoms with van der Waals surface area (Å²) < 4.78 is 13.3. The molecule has 1 heterocycles. The minimum Gasteiger partial charge on any atom is -0.493 e. The number of hydrogen-bond donors (Lipinski definition) is 2. The summed E-state index contributed by atoms with van der Waals surface area (Å²) in [5.74, 6) is 1.62. The molecule has 6 nitrogen and oxygen atoms in total. The number of amides is 1. The number of ether oxygens (including phenoxy) is 2. The number of H-pyrrole nitrogens is 1. The molecule has 1 aromatic heterocycles. The molecule has 0 bridgehead atoms. The fraction of sp³-hybridized carbons (Fsp3) is 0.0435. The maximum Gasteiger partial charge on any atom is 0.274 e. The van der Waals surface area contributed by atoms with Crippen LogP contribution in [0.4, 0.5) is 5.69 Å². The molecule has 0 atom stereocenters. The van der Waals surface area contributed by atoms with Gasteiger partial charge in [-0.1, -0.05) is 30.3 Å². The highest BCUT2D eigenvalue weighted by molar-refractivity contribution is 7.71.